The Morgan fingerprint density at radius 1 is 1.71 bits per heavy atom. The Balaban J connectivity index is 2.80. The lowest BCUT2D eigenvalue weighted by molar-refractivity contribution is 0.0773. The first-order chi connectivity index (χ1) is 8.08. The van der Waals surface area contributed by atoms with Gasteiger partial charge in [-0.2, -0.15) is 0 Å². The number of nitrogens with zero attached hydrogens (tertiary/aromatic N) is 4. The fourth-order valence-electron chi connectivity index (χ4n) is 1.43. The molecule has 0 saturated heterocycles. The largest absolute Gasteiger partial charge is 0.409 e. The molecule has 1 amide bonds. The van der Waals surface area contributed by atoms with E-state index in [2.05, 4.69) is 10.1 Å². The van der Waals surface area contributed by atoms with E-state index >= 15 is 0 Å². The Morgan fingerprint density at radius 3 is 2.88 bits per heavy atom. The predicted molar refractivity (Wildman–Crippen MR) is 62.8 cm³/mol. The number of nitrogens with two attached hydrogens (primary N) is 1. The molecule has 0 spiro atoms. The van der Waals surface area contributed by atoms with Crippen LogP contribution < -0.4 is 5.73 Å². The topological polar surface area (TPSA) is 96.7 Å². The molecule has 0 fully saturated rings. The van der Waals surface area contributed by atoms with Gasteiger partial charge in [0.2, 0.25) is 0 Å². The van der Waals surface area contributed by atoms with Gasteiger partial charge in [-0.1, -0.05) is 12.1 Å². The molecule has 0 aromatic carbocycles. The number of oxime groups is 1. The number of carbonyl (C=O) groups is 1. The van der Waals surface area contributed by atoms with Crippen LogP contribution in [0.15, 0.2) is 17.7 Å². The van der Waals surface area contributed by atoms with Crippen molar-refractivity contribution in [2.75, 3.05) is 13.1 Å². The Morgan fingerprint density at radius 2 is 2.41 bits per heavy atom. The summed E-state index contributed by atoms with van der Waals surface area (Å²) in [4.78, 5) is 17.5. The summed E-state index contributed by atoms with van der Waals surface area (Å²) in [5.74, 6) is -0.221. The first kappa shape index (κ1) is 13.0. The maximum absolute atomic E-state index is 12.1. The standard InChI is InChI=1S/C10H17N5O2/c1-3-4-15(6-9(11)13-17)10(16)8-5-14(2)7-12-8/h5,7,17H,3-4,6H2,1-2H3,(H2,11,13). The van der Waals surface area contributed by atoms with Crippen LogP contribution in [0.2, 0.25) is 0 Å². The summed E-state index contributed by atoms with van der Waals surface area (Å²) >= 11 is 0. The van der Waals surface area contributed by atoms with Crippen molar-refractivity contribution in [2.24, 2.45) is 17.9 Å². The van der Waals surface area contributed by atoms with Crippen LogP contribution in [0.25, 0.3) is 0 Å². The molecule has 0 saturated carbocycles. The lowest BCUT2D eigenvalue weighted by Gasteiger charge is -2.20. The molecular weight excluding hydrogens is 222 g/mol. The van der Waals surface area contributed by atoms with Gasteiger partial charge in [0.15, 0.2) is 5.84 Å². The molecule has 17 heavy (non-hydrogen) atoms. The van der Waals surface area contributed by atoms with Gasteiger partial charge >= 0.3 is 0 Å². The predicted octanol–water partition coefficient (Wildman–Crippen LogP) is 0.0187. The number of carbonyl (C=O) groups excluding carboxylic acids is 1. The molecule has 3 N–H and O–H groups in total. The summed E-state index contributed by atoms with van der Waals surface area (Å²) in [7, 11) is 1.79. The highest BCUT2D eigenvalue weighted by atomic mass is 16.4. The van der Waals surface area contributed by atoms with Gasteiger partial charge in [-0.05, 0) is 6.42 Å². The Kier molecular flexibility index (Phi) is 4.50. The molecule has 94 valence electrons. The lowest BCUT2D eigenvalue weighted by Crippen LogP contribution is -2.39. The molecule has 0 atom stereocenters. The SMILES string of the molecule is CCCN(CC(N)=NO)C(=O)c1cn(C)cn1. The van der Waals surface area contributed by atoms with E-state index in [1.54, 1.807) is 24.1 Å². The van der Waals surface area contributed by atoms with Crippen LogP contribution in [0.4, 0.5) is 0 Å². The van der Waals surface area contributed by atoms with E-state index in [1.807, 2.05) is 6.92 Å². The van der Waals surface area contributed by atoms with Crippen molar-refractivity contribution < 1.29 is 10.0 Å². The van der Waals surface area contributed by atoms with Gasteiger partial charge in [0.05, 0.1) is 12.9 Å². The number of rotatable bonds is 5. The van der Waals surface area contributed by atoms with Gasteiger partial charge in [0, 0.05) is 19.8 Å². The van der Waals surface area contributed by atoms with Crippen molar-refractivity contribution in [3.05, 3.63) is 18.2 Å². The van der Waals surface area contributed by atoms with E-state index in [4.69, 9.17) is 10.9 Å². The van der Waals surface area contributed by atoms with E-state index in [0.717, 1.165) is 6.42 Å². The van der Waals surface area contributed by atoms with Gasteiger partial charge in [0.1, 0.15) is 5.69 Å². The van der Waals surface area contributed by atoms with Crippen molar-refractivity contribution >= 4 is 11.7 Å². The summed E-state index contributed by atoms with van der Waals surface area (Å²) in [6.07, 6.45) is 3.98. The highest BCUT2D eigenvalue weighted by Crippen LogP contribution is 2.02. The third kappa shape index (κ3) is 3.47. The number of aromatic nitrogens is 2. The number of hydrogen-bond donors (Lipinski definition) is 2. The molecule has 1 aromatic rings. The minimum absolute atomic E-state index is 0.00253. The van der Waals surface area contributed by atoms with E-state index < -0.39 is 0 Å². The molecule has 1 heterocycles. The average molecular weight is 239 g/mol. The quantitative estimate of drug-likeness (QED) is 0.327. The fraction of sp³-hybridized carbons (Fsp3) is 0.500. The van der Waals surface area contributed by atoms with Gasteiger partial charge in [0.25, 0.3) is 5.91 Å². The summed E-state index contributed by atoms with van der Waals surface area (Å²) in [6.45, 7) is 2.58. The lowest BCUT2D eigenvalue weighted by atomic mass is 10.3. The molecule has 1 aromatic heterocycles. The first-order valence-electron chi connectivity index (χ1n) is 5.32. The van der Waals surface area contributed by atoms with Crippen molar-refractivity contribution in [3.8, 4) is 0 Å². The van der Waals surface area contributed by atoms with Gasteiger partial charge < -0.3 is 20.4 Å². The monoisotopic (exact) mass is 239 g/mol. The second-order valence-corrected chi connectivity index (χ2v) is 3.74. The molecule has 1 rings (SSSR count). The first-order valence-corrected chi connectivity index (χ1v) is 5.32. The van der Waals surface area contributed by atoms with Crippen LogP contribution in [0.1, 0.15) is 23.8 Å². The Hall–Kier alpha value is -2.05. The number of imidazole rings is 1. The molecule has 7 heteroatoms. The summed E-state index contributed by atoms with van der Waals surface area (Å²) in [6, 6.07) is 0. The molecule has 0 aliphatic heterocycles. The third-order valence-corrected chi connectivity index (χ3v) is 2.19. The van der Waals surface area contributed by atoms with E-state index in [1.165, 1.54) is 4.90 Å². The molecule has 0 aliphatic rings. The summed E-state index contributed by atoms with van der Waals surface area (Å²) in [5.41, 5.74) is 5.76. The van der Waals surface area contributed by atoms with E-state index in [0.29, 0.717) is 12.2 Å². The van der Waals surface area contributed by atoms with E-state index in [9.17, 15) is 4.79 Å². The second-order valence-electron chi connectivity index (χ2n) is 3.74. The Bertz CT molecular complexity index is 413. The van der Waals surface area contributed by atoms with Crippen LogP contribution in [0, 0.1) is 0 Å². The van der Waals surface area contributed by atoms with Crippen LogP contribution >= 0.6 is 0 Å². The van der Waals surface area contributed by atoms with Crippen LogP contribution in [-0.2, 0) is 7.05 Å². The molecule has 0 bridgehead atoms. The van der Waals surface area contributed by atoms with Crippen LogP contribution in [0.5, 0.6) is 0 Å². The molecule has 7 nitrogen and oxygen atoms in total. The van der Waals surface area contributed by atoms with Crippen molar-refractivity contribution in [3.63, 3.8) is 0 Å². The number of amides is 1. The minimum atomic E-state index is -0.223. The van der Waals surface area contributed by atoms with E-state index in [-0.39, 0.29) is 18.3 Å². The van der Waals surface area contributed by atoms with Crippen molar-refractivity contribution in [1.82, 2.24) is 14.5 Å². The number of amidine groups is 1. The normalized spacial score (nSPS) is 11.5. The Labute approximate surface area is 99.5 Å². The van der Waals surface area contributed by atoms with Gasteiger partial charge in [-0.25, -0.2) is 4.98 Å². The van der Waals surface area contributed by atoms with Gasteiger partial charge in [-0.3, -0.25) is 4.79 Å². The second kappa shape index (κ2) is 5.88. The smallest absolute Gasteiger partial charge is 0.274 e. The van der Waals surface area contributed by atoms with Crippen molar-refractivity contribution in [2.45, 2.75) is 13.3 Å². The average Bonchev–Trinajstić information content (AvgIpc) is 2.74. The maximum atomic E-state index is 12.1. The fourth-order valence-corrected chi connectivity index (χ4v) is 1.43. The maximum Gasteiger partial charge on any atom is 0.274 e. The molecule has 0 radical (unpaired) electrons. The number of hydrogen-bond acceptors (Lipinski definition) is 4. The van der Waals surface area contributed by atoms with Crippen LogP contribution in [-0.4, -0.2) is 44.5 Å². The zero-order valence-corrected chi connectivity index (χ0v) is 10.00. The summed E-state index contributed by atoms with van der Waals surface area (Å²) in [5, 5.41) is 11.4. The van der Waals surface area contributed by atoms with Crippen molar-refractivity contribution in [1.29, 1.82) is 0 Å². The zero-order chi connectivity index (χ0) is 12.8. The van der Waals surface area contributed by atoms with Crippen LogP contribution in [0.3, 0.4) is 0 Å². The molecule has 0 unspecified atom stereocenters. The number of aryl methyl sites for hydroxylation is 1. The zero-order valence-electron chi connectivity index (χ0n) is 10.00. The highest BCUT2D eigenvalue weighted by molar-refractivity contribution is 5.95. The highest BCUT2D eigenvalue weighted by Gasteiger charge is 2.18. The third-order valence-electron chi connectivity index (χ3n) is 2.19. The summed E-state index contributed by atoms with van der Waals surface area (Å²) < 4.78 is 1.70. The van der Waals surface area contributed by atoms with Gasteiger partial charge in [-0.15, -0.1) is 0 Å². The molecule has 0 aliphatic carbocycles. The molecular formula is C10H17N5O2. The minimum Gasteiger partial charge on any atom is -0.409 e.